The average Bonchev–Trinajstić information content (AvgIpc) is 2.73. The second-order valence-corrected chi connectivity index (χ2v) is 9.01. The minimum atomic E-state index is 0.196. The second-order valence-electron chi connectivity index (χ2n) is 9.01. The highest BCUT2D eigenvalue weighted by atomic mass is 16.2. The largest absolute Gasteiger partial charge is 0.335 e. The molecule has 3 heterocycles. The van der Waals surface area contributed by atoms with Crippen LogP contribution < -0.4 is 5.32 Å². The minimum absolute atomic E-state index is 0.196. The molecular formula is C23H36N4O. The van der Waals surface area contributed by atoms with Crippen LogP contribution in [0, 0.1) is 5.92 Å². The zero-order valence-corrected chi connectivity index (χ0v) is 17.4. The Balaban J connectivity index is 1.21. The lowest BCUT2D eigenvalue weighted by Gasteiger charge is -2.47. The molecule has 0 aromatic heterocycles. The summed E-state index contributed by atoms with van der Waals surface area (Å²) in [5.41, 5.74) is 1.41. The molecule has 2 atom stereocenters. The van der Waals surface area contributed by atoms with Gasteiger partial charge in [0.1, 0.15) is 0 Å². The number of rotatable bonds is 4. The molecule has 5 nitrogen and oxygen atoms in total. The van der Waals surface area contributed by atoms with Gasteiger partial charge in [-0.05, 0) is 63.6 Å². The molecule has 3 fully saturated rings. The average molecular weight is 385 g/mol. The molecular weight excluding hydrogens is 348 g/mol. The minimum Gasteiger partial charge on any atom is -0.335 e. The molecule has 0 aliphatic carbocycles. The van der Waals surface area contributed by atoms with E-state index in [2.05, 4.69) is 57.4 Å². The molecule has 1 aromatic carbocycles. The highest BCUT2D eigenvalue weighted by Gasteiger charge is 2.37. The first kappa shape index (κ1) is 19.7. The number of carbonyl (C=O) groups is 1. The third-order valence-corrected chi connectivity index (χ3v) is 7.01. The van der Waals surface area contributed by atoms with E-state index in [1.165, 1.54) is 12.0 Å². The Bertz CT molecular complexity index is 629. The first-order valence-electron chi connectivity index (χ1n) is 11.2. The van der Waals surface area contributed by atoms with Crippen molar-refractivity contribution in [2.24, 2.45) is 5.92 Å². The molecule has 0 radical (unpaired) electrons. The second kappa shape index (κ2) is 9.27. The van der Waals surface area contributed by atoms with Crippen molar-refractivity contribution in [2.75, 3.05) is 46.3 Å². The lowest BCUT2D eigenvalue weighted by Crippen LogP contribution is -2.59. The van der Waals surface area contributed by atoms with Crippen molar-refractivity contribution < 1.29 is 4.79 Å². The summed E-state index contributed by atoms with van der Waals surface area (Å²) in [5, 5.41) is 3.37. The lowest BCUT2D eigenvalue weighted by molar-refractivity contribution is 0.0512. The summed E-state index contributed by atoms with van der Waals surface area (Å²) in [7, 11) is 2.21. The van der Waals surface area contributed by atoms with Gasteiger partial charge in [0.05, 0.1) is 0 Å². The van der Waals surface area contributed by atoms with Crippen molar-refractivity contribution in [2.45, 2.75) is 50.6 Å². The number of piperidine rings is 3. The first-order chi connectivity index (χ1) is 13.7. The fourth-order valence-electron chi connectivity index (χ4n) is 5.33. The predicted molar refractivity (Wildman–Crippen MR) is 113 cm³/mol. The monoisotopic (exact) mass is 384 g/mol. The van der Waals surface area contributed by atoms with E-state index in [9.17, 15) is 4.79 Å². The Morgan fingerprint density at radius 2 is 1.82 bits per heavy atom. The molecule has 4 rings (SSSR count). The third-order valence-electron chi connectivity index (χ3n) is 7.01. The van der Waals surface area contributed by atoms with Crippen molar-refractivity contribution in [1.29, 1.82) is 0 Å². The number of urea groups is 1. The van der Waals surface area contributed by atoms with Gasteiger partial charge in [-0.25, -0.2) is 4.79 Å². The van der Waals surface area contributed by atoms with Crippen LogP contribution in [0.25, 0.3) is 0 Å². The van der Waals surface area contributed by atoms with Crippen LogP contribution in [0.5, 0.6) is 0 Å². The van der Waals surface area contributed by atoms with Gasteiger partial charge in [-0.15, -0.1) is 0 Å². The van der Waals surface area contributed by atoms with Gasteiger partial charge in [0, 0.05) is 44.8 Å². The van der Waals surface area contributed by atoms with Gasteiger partial charge in [-0.3, -0.25) is 0 Å². The van der Waals surface area contributed by atoms with Crippen molar-refractivity contribution >= 4 is 6.03 Å². The van der Waals surface area contributed by atoms with E-state index < -0.39 is 0 Å². The van der Waals surface area contributed by atoms with Gasteiger partial charge in [0.2, 0.25) is 0 Å². The molecule has 3 aliphatic rings. The van der Waals surface area contributed by atoms with Crippen LogP contribution in [-0.2, 0) is 6.42 Å². The molecule has 154 valence electrons. The van der Waals surface area contributed by atoms with E-state index in [-0.39, 0.29) is 6.03 Å². The summed E-state index contributed by atoms with van der Waals surface area (Å²) in [6.07, 6.45) is 6.82. The Kier molecular flexibility index (Phi) is 6.53. The van der Waals surface area contributed by atoms with E-state index in [4.69, 9.17) is 0 Å². The fourth-order valence-corrected chi connectivity index (χ4v) is 5.33. The molecule has 0 bridgehead atoms. The molecule has 0 saturated carbocycles. The molecule has 2 amide bonds. The molecule has 28 heavy (non-hydrogen) atoms. The SMILES string of the molecule is CN1CCC2C(CCCN2C(=O)NC2CCN(CCc3ccccc3)CC2)C1. The van der Waals surface area contributed by atoms with Gasteiger partial charge < -0.3 is 20.0 Å². The van der Waals surface area contributed by atoms with Crippen LogP contribution in [0.4, 0.5) is 4.79 Å². The van der Waals surface area contributed by atoms with E-state index >= 15 is 0 Å². The quantitative estimate of drug-likeness (QED) is 0.868. The van der Waals surface area contributed by atoms with E-state index in [0.29, 0.717) is 18.0 Å². The van der Waals surface area contributed by atoms with E-state index in [1.807, 2.05) is 0 Å². The molecule has 1 aromatic rings. The van der Waals surface area contributed by atoms with Crippen LogP contribution in [-0.4, -0.2) is 79.1 Å². The third kappa shape index (κ3) is 4.87. The Hall–Kier alpha value is -1.59. The Morgan fingerprint density at radius 3 is 2.61 bits per heavy atom. The topological polar surface area (TPSA) is 38.8 Å². The maximum absolute atomic E-state index is 13.0. The van der Waals surface area contributed by atoms with Crippen LogP contribution in [0.1, 0.15) is 37.7 Å². The summed E-state index contributed by atoms with van der Waals surface area (Å²) in [4.78, 5) is 20.1. The number of hydrogen-bond donors (Lipinski definition) is 1. The smallest absolute Gasteiger partial charge is 0.317 e. The number of amides is 2. The summed E-state index contributed by atoms with van der Waals surface area (Å²) < 4.78 is 0. The number of carbonyl (C=O) groups excluding carboxylic acids is 1. The number of likely N-dealkylation sites (tertiary alicyclic amines) is 3. The lowest BCUT2D eigenvalue weighted by atomic mass is 9.84. The van der Waals surface area contributed by atoms with Gasteiger partial charge >= 0.3 is 6.03 Å². The zero-order chi connectivity index (χ0) is 19.3. The predicted octanol–water partition coefficient (Wildman–Crippen LogP) is 2.82. The molecule has 2 unspecified atom stereocenters. The number of fused-ring (bicyclic) bond motifs is 1. The fraction of sp³-hybridized carbons (Fsp3) is 0.696. The maximum atomic E-state index is 13.0. The number of hydrogen-bond acceptors (Lipinski definition) is 3. The molecule has 3 aliphatic heterocycles. The first-order valence-corrected chi connectivity index (χ1v) is 11.2. The number of nitrogens with one attached hydrogen (secondary N) is 1. The summed E-state index contributed by atoms with van der Waals surface area (Å²) in [6, 6.07) is 11.7. The zero-order valence-electron chi connectivity index (χ0n) is 17.4. The van der Waals surface area contributed by atoms with Crippen molar-refractivity contribution in [1.82, 2.24) is 20.0 Å². The summed E-state index contributed by atoms with van der Waals surface area (Å²) in [6.45, 7) is 6.50. The summed E-state index contributed by atoms with van der Waals surface area (Å²) in [5.74, 6) is 0.665. The maximum Gasteiger partial charge on any atom is 0.317 e. The van der Waals surface area contributed by atoms with E-state index in [0.717, 1.165) is 71.4 Å². The van der Waals surface area contributed by atoms with Crippen molar-refractivity contribution in [3.8, 4) is 0 Å². The molecule has 0 spiro atoms. The molecule has 3 saturated heterocycles. The highest BCUT2D eigenvalue weighted by molar-refractivity contribution is 5.75. The highest BCUT2D eigenvalue weighted by Crippen LogP contribution is 2.30. The van der Waals surface area contributed by atoms with E-state index in [1.54, 1.807) is 0 Å². The molecule has 1 N–H and O–H groups in total. The van der Waals surface area contributed by atoms with Crippen LogP contribution in [0.2, 0.25) is 0 Å². The normalized spacial score (nSPS) is 27.4. The number of nitrogens with zero attached hydrogens (tertiary/aromatic N) is 3. The standard InChI is InChI=1S/C23H36N4O/c1-25-14-12-22-20(18-25)8-5-13-27(22)23(28)24-21-10-16-26(17-11-21)15-9-19-6-3-2-4-7-19/h2-4,6-7,20-22H,5,8-18H2,1H3,(H,24,28). The van der Waals surface area contributed by atoms with Crippen LogP contribution in [0.3, 0.4) is 0 Å². The van der Waals surface area contributed by atoms with Gasteiger partial charge in [-0.2, -0.15) is 0 Å². The van der Waals surface area contributed by atoms with Gasteiger partial charge in [0.25, 0.3) is 0 Å². The number of benzene rings is 1. The summed E-state index contributed by atoms with van der Waals surface area (Å²) >= 11 is 0. The Morgan fingerprint density at radius 1 is 1.04 bits per heavy atom. The van der Waals surface area contributed by atoms with Crippen molar-refractivity contribution in [3.05, 3.63) is 35.9 Å². The Labute approximate surface area is 170 Å². The van der Waals surface area contributed by atoms with Gasteiger partial charge in [0.15, 0.2) is 0 Å². The van der Waals surface area contributed by atoms with Crippen molar-refractivity contribution in [3.63, 3.8) is 0 Å². The molecule has 5 heteroatoms. The van der Waals surface area contributed by atoms with Gasteiger partial charge in [-0.1, -0.05) is 30.3 Å². The van der Waals surface area contributed by atoms with Crippen LogP contribution >= 0.6 is 0 Å². The van der Waals surface area contributed by atoms with Crippen LogP contribution in [0.15, 0.2) is 30.3 Å².